The van der Waals surface area contributed by atoms with Crippen molar-refractivity contribution in [2.24, 2.45) is 11.8 Å². The van der Waals surface area contributed by atoms with Crippen LogP contribution in [0, 0.1) is 11.8 Å². The van der Waals surface area contributed by atoms with E-state index in [0.717, 1.165) is 30.2 Å². The highest BCUT2D eigenvalue weighted by Gasteiger charge is 2.20. The maximum atomic E-state index is 12.8. The number of carbonyl (C=O) groups excluding carboxylic acids is 1. The number of fused-ring (bicyclic) bond motifs is 1. The highest BCUT2D eigenvalue weighted by Crippen LogP contribution is 2.26. The lowest BCUT2D eigenvalue weighted by Crippen LogP contribution is -2.35. The number of carbonyl (C=O) groups is 1. The van der Waals surface area contributed by atoms with Gasteiger partial charge in [0.25, 0.3) is 5.22 Å². The Labute approximate surface area is 184 Å². The fourth-order valence-electron chi connectivity index (χ4n) is 2.72. The average Bonchev–Trinajstić information content (AvgIpc) is 3.07. The van der Waals surface area contributed by atoms with Gasteiger partial charge in [-0.1, -0.05) is 39.5 Å². The molecule has 2 aromatic rings. The van der Waals surface area contributed by atoms with Gasteiger partial charge in [-0.15, -0.1) is 0 Å². The van der Waals surface area contributed by atoms with Crippen molar-refractivity contribution in [2.45, 2.75) is 50.7 Å². The summed E-state index contributed by atoms with van der Waals surface area (Å²) in [5, 5.41) is 0.366. The van der Waals surface area contributed by atoms with Crippen LogP contribution >= 0.6 is 11.8 Å². The molecule has 168 valence electrons. The Morgan fingerprint density at radius 3 is 2.23 bits per heavy atom. The number of rotatable bonds is 11. The maximum Gasteiger partial charge on any atom is 0.257 e. The van der Waals surface area contributed by atoms with Crippen LogP contribution < -0.4 is 0 Å². The van der Waals surface area contributed by atoms with Gasteiger partial charge in [0.05, 0.1) is 10.6 Å². The molecule has 7 nitrogen and oxygen atoms in total. The lowest BCUT2D eigenvalue weighted by atomic mass is 10.1. The zero-order valence-corrected chi connectivity index (χ0v) is 20.3. The minimum absolute atomic E-state index is 0.0689. The molecule has 1 amide bonds. The van der Waals surface area contributed by atoms with E-state index in [1.807, 2.05) is 4.90 Å². The zero-order chi connectivity index (χ0) is 22.5. The van der Waals surface area contributed by atoms with E-state index in [-0.39, 0.29) is 16.6 Å². The van der Waals surface area contributed by atoms with Crippen LogP contribution in [0.15, 0.2) is 32.7 Å². The third-order valence-electron chi connectivity index (χ3n) is 4.74. The molecule has 1 heterocycles. The van der Waals surface area contributed by atoms with Crippen molar-refractivity contribution >= 4 is 38.8 Å². The fraction of sp³-hybridized carbons (Fsp3) is 0.619. The number of hydrogen-bond acceptors (Lipinski definition) is 6. The molecule has 0 aliphatic heterocycles. The summed E-state index contributed by atoms with van der Waals surface area (Å²) in [7, 11) is -0.568. The van der Waals surface area contributed by atoms with E-state index < -0.39 is 10.0 Å². The molecular weight excluding hydrogens is 422 g/mol. The van der Waals surface area contributed by atoms with Crippen LogP contribution in [0.1, 0.15) is 40.5 Å². The van der Waals surface area contributed by atoms with E-state index >= 15 is 0 Å². The average molecular weight is 456 g/mol. The first-order chi connectivity index (χ1) is 14.0. The first-order valence-electron chi connectivity index (χ1n) is 10.2. The Hall–Kier alpha value is -1.58. The molecule has 9 heteroatoms. The largest absolute Gasteiger partial charge is 0.431 e. The summed E-state index contributed by atoms with van der Waals surface area (Å²) >= 11 is 1.24. The van der Waals surface area contributed by atoms with Crippen molar-refractivity contribution in [3.63, 3.8) is 0 Å². The monoisotopic (exact) mass is 455 g/mol. The van der Waals surface area contributed by atoms with Crippen LogP contribution in [-0.2, 0) is 14.8 Å². The number of aromatic nitrogens is 1. The SMILES string of the molecule is CC(C)CCN(CCC(C)C)C(=O)CSc1nc2cc(S(=O)(=O)N(C)C)ccc2o1. The lowest BCUT2D eigenvalue weighted by Gasteiger charge is -2.24. The summed E-state index contributed by atoms with van der Waals surface area (Å²) in [4.78, 5) is 19.2. The Balaban J connectivity index is 2.08. The van der Waals surface area contributed by atoms with Crippen molar-refractivity contribution in [1.29, 1.82) is 0 Å². The van der Waals surface area contributed by atoms with E-state index in [9.17, 15) is 13.2 Å². The van der Waals surface area contributed by atoms with E-state index in [4.69, 9.17) is 4.42 Å². The van der Waals surface area contributed by atoms with Crippen molar-refractivity contribution < 1.29 is 17.6 Å². The predicted molar refractivity (Wildman–Crippen MR) is 121 cm³/mol. The number of amides is 1. The summed E-state index contributed by atoms with van der Waals surface area (Å²) in [5.41, 5.74) is 0.962. The van der Waals surface area contributed by atoms with E-state index in [1.54, 1.807) is 6.07 Å². The zero-order valence-electron chi connectivity index (χ0n) is 18.7. The lowest BCUT2D eigenvalue weighted by molar-refractivity contribution is -0.128. The van der Waals surface area contributed by atoms with Crippen molar-refractivity contribution in [2.75, 3.05) is 32.9 Å². The fourth-order valence-corrected chi connectivity index (χ4v) is 4.39. The number of benzene rings is 1. The van der Waals surface area contributed by atoms with Gasteiger partial charge in [0.15, 0.2) is 5.58 Å². The number of sulfonamides is 1. The second-order valence-electron chi connectivity index (χ2n) is 8.43. The summed E-state index contributed by atoms with van der Waals surface area (Å²) in [6.07, 6.45) is 1.95. The molecule has 0 unspecified atom stereocenters. The Bertz CT molecular complexity index is 940. The Morgan fingerprint density at radius 1 is 1.10 bits per heavy atom. The van der Waals surface area contributed by atoms with Gasteiger partial charge in [-0.3, -0.25) is 4.79 Å². The van der Waals surface area contributed by atoms with Gasteiger partial charge in [0.1, 0.15) is 5.52 Å². The summed E-state index contributed by atoms with van der Waals surface area (Å²) < 4.78 is 31.5. The first kappa shape index (κ1) is 24.7. The molecule has 0 saturated carbocycles. The number of thioether (sulfide) groups is 1. The molecule has 1 aromatic heterocycles. The van der Waals surface area contributed by atoms with Crippen LogP contribution in [-0.4, -0.2) is 61.5 Å². The van der Waals surface area contributed by atoms with Crippen LogP contribution in [0.3, 0.4) is 0 Å². The summed E-state index contributed by atoms with van der Waals surface area (Å²) in [6, 6.07) is 4.60. The standard InChI is InChI=1S/C21H33N3O4S2/c1-15(2)9-11-24(12-10-16(3)4)20(25)14-29-21-22-18-13-17(7-8-19(18)28-21)30(26,27)23(5)6/h7-8,13,15-16H,9-12,14H2,1-6H3. The molecule has 0 spiro atoms. The molecule has 0 N–H and O–H groups in total. The normalized spacial score (nSPS) is 12.4. The van der Waals surface area contributed by atoms with Crippen molar-refractivity contribution in [3.05, 3.63) is 18.2 Å². The van der Waals surface area contributed by atoms with Crippen LogP contribution in [0.5, 0.6) is 0 Å². The molecule has 30 heavy (non-hydrogen) atoms. The first-order valence-corrected chi connectivity index (χ1v) is 12.7. The molecule has 0 saturated heterocycles. The molecule has 0 fully saturated rings. The Morgan fingerprint density at radius 2 is 1.70 bits per heavy atom. The second-order valence-corrected chi connectivity index (χ2v) is 11.5. The minimum atomic E-state index is -3.54. The van der Waals surface area contributed by atoms with E-state index in [0.29, 0.717) is 28.2 Å². The molecule has 0 aliphatic rings. The number of hydrogen-bond donors (Lipinski definition) is 0. The van der Waals surface area contributed by atoms with Crippen LogP contribution in [0.4, 0.5) is 0 Å². The van der Waals surface area contributed by atoms with E-state index in [2.05, 4.69) is 32.7 Å². The molecule has 0 aliphatic carbocycles. The van der Waals surface area contributed by atoms with Gasteiger partial charge < -0.3 is 9.32 Å². The van der Waals surface area contributed by atoms with Crippen molar-refractivity contribution in [1.82, 2.24) is 14.2 Å². The van der Waals surface area contributed by atoms with Gasteiger partial charge in [0.2, 0.25) is 15.9 Å². The summed E-state index contributed by atoms with van der Waals surface area (Å²) in [6.45, 7) is 10.1. The third kappa shape index (κ3) is 6.72. The van der Waals surface area contributed by atoms with Gasteiger partial charge in [-0.25, -0.2) is 17.7 Å². The van der Waals surface area contributed by atoms with Gasteiger partial charge in [-0.05, 0) is 42.9 Å². The Kier molecular flexibility index (Phi) is 8.75. The molecule has 2 rings (SSSR count). The molecule has 0 radical (unpaired) electrons. The van der Waals surface area contributed by atoms with Crippen LogP contribution in [0.2, 0.25) is 0 Å². The third-order valence-corrected chi connectivity index (χ3v) is 7.37. The van der Waals surface area contributed by atoms with Gasteiger partial charge >= 0.3 is 0 Å². The van der Waals surface area contributed by atoms with E-state index in [1.165, 1.54) is 38.0 Å². The molecule has 1 aromatic carbocycles. The predicted octanol–water partition coefficient (Wildman–Crippen LogP) is 4.09. The number of nitrogens with zero attached hydrogens (tertiary/aromatic N) is 3. The van der Waals surface area contributed by atoms with Crippen molar-refractivity contribution in [3.8, 4) is 0 Å². The summed E-state index contributed by atoms with van der Waals surface area (Å²) in [5.74, 6) is 1.39. The quantitative estimate of drug-likeness (QED) is 0.475. The van der Waals surface area contributed by atoms with Crippen LogP contribution in [0.25, 0.3) is 11.1 Å². The molecular formula is C21H33N3O4S2. The van der Waals surface area contributed by atoms with Gasteiger partial charge in [-0.2, -0.15) is 0 Å². The molecule has 0 bridgehead atoms. The highest BCUT2D eigenvalue weighted by molar-refractivity contribution is 7.99. The molecule has 0 atom stereocenters. The maximum absolute atomic E-state index is 12.8. The topological polar surface area (TPSA) is 83.7 Å². The number of oxazole rings is 1. The highest BCUT2D eigenvalue weighted by atomic mass is 32.2. The second kappa shape index (κ2) is 10.6. The minimum Gasteiger partial charge on any atom is -0.431 e. The smallest absolute Gasteiger partial charge is 0.257 e. The van der Waals surface area contributed by atoms with Gasteiger partial charge in [0, 0.05) is 27.2 Å².